The molecule has 0 aliphatic heterocycles. The van der Waals surface area contributed by atoms with Crippen molar-refractivity contribution in [2.75, 3.05) is 6.54 Å². The number of hydrogen-bond donors (Lipinski definition) is 5. The molecule has 2 aromatic rings. The molecular weight excluding hydrogens is 278 g/mol. The van der Waals surface area contributed by atoms with Crippen LogP contribution in [0.5, 0.6) is 0 Å². The van der Waals surface area contributed by atoms with E-state index in [4.69, 9.17) is 5.73 Å². The summed E-state index contributed by atoms with van der Waals surface area (Å²) in [6.45, 7) is 3.03. The molecule has 0 atom stereocenters. The quantitative estimate of drug-likeness (QED) is 0.218. The van der Waals surface area contributed by atoms with Crippen LogP contribution in [-0.4, -0.2) is 28.8 Å². The summed E-state index contributed by atoms with van der Waals surface area (Å²) in [7, 11) is 0. The minimum absolute atomic E-state index is 0.0261. The number of benzene rings is 1. The lowest BCUT2D eigenvalue weighted by atomic mass is 10.1. The van der Waals surface area contributed by atoms with Crippen molar-refractivity contribution in [1.82, 2.24) is 10.4 Å². The molecule has 0 bridgehead atoms. The van der Waals surface area contributed by atoms with E-state index in [0.717, 1.165) is 35.0 Å². The summed E-state index contributed by atoms with van der Waals surface area (Å²) >= 11 is 0. The molecular formula is C16H24N5O+. The molecule has 0 radical (unpaired) electrons. The summed E-state index contributed by atoms with van der Waals surface area (Å²) in [6.07, 6.45) is 7.05. The van der Waals surface area contributed by atoms with E-state index in [9.17, 15) is 5.11 Å². The summed E-state index contributed by atoms with van der Waals surface area (Å²) in [5.74, 6) is 0.447. The van der Waals surface area contributed by atoms with Crippen molar-refractivity contribution in [3.63, 3.8) is 0 Å². The Kier molecular flexibility index (Phi) is 5.97. The van der Waals surface area contributed by atoms with Gasteiger partial charge in [-0.1, -0.05) is 25.8 Å². The molecule has 0 amide bonds. The molecule has 6 nitrogen and oxygen atoms in total. The zero-order valence-corrected chi connectivity index (χ0v) is 12.9. The summed E-state index contributed by atoms with van der Waals surface area (Å²) in [5, 5.41) is 14.4. The normalized spacial score (nSPS) is 12.4. The van der Waals surface area contributed by atoms with Gasteiger partial charge in [-0.05, 0) is 24.1 Å². The molecule has 2 rings (SSSR count). The van der Waals surface area contributed by atoms with Gasteiger partial charge in [-0.2, -0.15) is 5.43 Å². The number of nitrogens with one attached hydrogen (secondary N) is 3. The number of H-pyrrole nitrogens is 1. The molecule has 0 spiro atoms. The van der Waals surface area contributed by atoms with E-state index in [0.29, 0.717) is 5.96 Å². The molecule has 1 aromatic heterocycles. The smallest absolute Gasteiger partial charge is 0.365 e. The number of unbranched alkanes of at least 4 members (excludes halogenated alkanes) is 2. The number of fused-ring (bicyclic) bond motifs is 1. The van der Waals surface area contributed by atoms with Gasteiger partial charge in [0.15, 0.2) is 0 Å². The van der Waals surface area contributed by atoms with Crippen LogP contribution in [0.3, 0.4) is 0 Å². The maximum atomic E-state index is 9.21. The fraction of sp³-hybridized carbons (Fsp3) is 0.375. The number of aliphatic hydroxyl groups is 1. The summed E-state index contributed by atoms with van der Waals surface area (Å²) < 4.78 is 0. The first kappa shape index (κ1) is 16.0. The standard InChI is InChI=1S/C16H23N5O/c1-2-3-4-7-18-16(17)21-20-10-13-9-19-15-6-5-12(11-22)8-14(13)15/h5-6,8-10,19,22H,2-4,7,11H2,1H3,(H3,17,18,21)/p+1. The fourth-order valence-electron chi connectivity index (χ4n) is 2.20. The maximum absolute atomic E-state index is 9.21. The molecule has 118 valence electrons. The number of aliphatic hydroxyl groups excluding tert-OH is 1. The third kappa shape index (κ3) is 4.33. The van der Waals surface area contributed by atoms with Gasteiger partial charge in [-0.3, -0.25) is 10.7 Å². The zero-order valence-electron chi connectivity index (χ0n) is 12.9. The molecule has 0 aliphatic carbocycles. The van der Waals surface area contributed by atoms with Crippen molar-refractivity contribution in [2.24, 2.45) is 10.8 Å². The van der Waals surface area contributed by atoms with E-state index >= 15 is 0 Å². The van der Waals surface area contributed by atoms with Gasteiger partial charge in [-0.15, -0.1) is 5.10 Å². The van der Waals surface area contributed by atoms with Crippen molar-refractivity contribution in [3.8, 4) is 0 Å². The predicted molar refractivity (Wildman–Crippen MR) is 89.5 cm³/mol. The van der Waals surface area contributed by atoms with Gasteiger partial charge >= 0.3 is 5.96 Å². The van der Waals surface area contributed by atoms with Crippen LogP contribution in [0.15, 0.2) is 29.5 Å². The first-order valence-corrected chi connectivity index (χ1v) is 7.60. The molecule has 1 heterocycles. The van der Waals surface area contributed by atoms with Gasteiger partial charge < -0.3 is 10.1 Å². The average Bonchev–Trinajstić information content (AvgIpc) is 2.94. The maximum Gasteiger partial charge on any atom is 0.365 e. The SMILES string of the molecule is CCCCC[NH+]=C(N)NN=Cc1c[nH]c2ccc(CO)cc12. The molecule has 22 heavy (non-hydrogen) atoms. The second-order valence-corrected chi connectivity index (χ2v) is 5.20. The Hall–Kier alpha value is -2.34. The van der Waals surface area contributed by atoms with Crippen molar-refractivity contribution in [3.05, 3.63) is 35.5 Å². The lowest BCUT2D eigenvalue weighted by molar-refractivity contribution is -0.461. The van der Waals surface area contributed by atoms with Crippen molar-refractivity contribution in [2.45, 2.75) is 32.8 Å². The highest BCUT2D eigenvalue weighted by Gasteiger charge is 2.03. The Morgan fingerprint density at radius 2 is 2.32 bits per heavy atom. The number of guanidine groups is 1. The van der Waals surface area contributed by atoms with Crippen LogP contribution >= 0.6 is 0 Å². The van der Waals surface area contributed by atoms with E-state index in [2.05, 4.69) is 27.4 Å². The number of rotatable bonds is 7. The summed E-state index contributed by atoms with van der Waals surface area (Å²) in [4.78, 5) is 6.25. The number of aromatic amines is 1. The molecule has 0 fully saturated rings. The molecule has 0 saturated heterocycles. The Bertz CT molecular complexity index is 660. The number of aromatic nitrogens is 1. The van der Waals surface area contributed by atoms with Gasteiger partial charge in [-0.25, -0.2) is 0 Å². The minimum Gasteiger partial charge on any atom is -0.392 e. The minimum atomic E-state index is 0.0261. The van der Waals surface area contributed by atoms with Crippen molar-refractivity contribution >= 4 is 23.1 Å². The highest BCUT2D eigenvalue weighted by molar-refractivity contribution is 5.99. The molecule has 6 heteroatoms. The van der Waals surface area contributed by atoms with E-state index < -0.39 is 0 Å². The van der Waals surface area contributed by atoms with Crippen LogP contribution < -0.4 is 16.2 Å². The molecule has 0 aliphatic rings. The molecule has 0 saturated carbocycles. The number of nitrogens with zero attached hydrogens (tertiary/aromatic N) is 1. The van der Waals surface area contributed by atoms with Crippen LogP contribution in [0.4, 0.5) is 0 Å². The van der Waals surface area contributed by atoms with Crippen LogP contribution in [0, 0.1) is 0 Å². The fourth-order valence-corrected chi connectivity index (χ4v) is 2.20. The van der Waals surface area contributed by atoms with E-state index in [1.807, 2.05) is 24.4 Å². The lowest BCUT2D eigenvalue weighted by Gasteiger charge is -1.97. The zero-order chi connectivity index (χ0) is 15.8. The third-order valence-electron chi connectivity index (χ3n) is 3.45. The molecule has 0 unspecified atom stereocenters. The lowest BCUT2D eigenvalue weighted by Crippen LogP contribution is -2.78. The first-order valence-electron chi connectivity index (χ1n) is 7.60. The Morgan fingerprint density at radius 3 is 3.09 bits per heavy atom. The molecule has 1 aromatic carbocycles. The van der Waals surface area contributed by atoms with E-state index in [1.165, 1.54) is 12.8 Å². The molecule has 6 N–H and O–H groups in total. The Balaban J connectivity index is 1.98. The van der Waals surface area contributed by atoms with Crippen LogP contribution in [0.1, 0.15) is 37.3 Å². The van der Waals surface area contributed by atoms with Gasteiger partial charge in [0.25, 0.3) is 0 Å². The van der Waals surface area contributed by atoms with E-state index in [-0.39, 0.29) is 6.61 Å². The second-order valence-electron chi connectivity index (χ2n) is 5.20. The highest BCUT2D eigenvalue weighted by Crippen LogP contribution is 2.18. The topological polar surface area (TPSA) is 100 Å². The Morgan fingerprint density at radius 1 is 1.45 bits per heavy atom. The van der Waals surface area contributed by atoms with E-state index in [1.54, 1.807) is 6.21 Å². The van der Waals surface area contributed by atoms with Crippen molar-refractivity contribution in [1.29, 1.82) is 0 Å². The van der Waals surface area contributed by atoms with Gasteiger partial charge in [0.2, 0.25) is 0 Å². The Labute approximate surface area is 130 Å². The largest absolute Gasteiger partial charge is 0.392 e. The monoisotopic (exact) mass is 302 g/mol. The van der Waals surface area contributed by atoms with Gasteiger partial charge in [0.05, 0.1) is 19.4 Å². The second kappa shape index (κ2) is 8.19. The van der Waals surface area contributed by atoms with Crippen molar-refractivity contribution < 1.29 is 10.1 Å². The summed E-state index contributed by atoms with van der Waals surface area (Å²) in [5.41, 5.74) is 11.4. The number of nitrogens with two attached hydrogens (primary N) is 1. The highest BCUT2D eigenvalue weighted by atomic mass is 16.3. The number of hydrogen-bond acceptors (Lipinski definition) is 2. The van der Waals surface area contributed by atoms with Crippen LogP contribution in [-0.2, 0) is 6.61 Å². The van der Waals surface area contributed by atoms with Crippen LogP contribution in [0.2, 0.25) is 0 Å². The summed E-state index contributed by atoms with van der Waals surface area (Å²) in [6, 6.07) is 5.79. The first-order chi connectivity index (χ1) is 10.7. The average molecular weight is 302 g/mol. The van der Waals surface area contributed by atoms with Gasteiger partial charge in [0.1, 0.15) is 0 Å². The predicted octanol–water partition coefficient (Wildman–Crippen LogP) is 0.169. The van der Waals surface area contributed by atoms with Crippen LogP contribution in [0.25, 0.3) is 10.9 Å². The third-order valence-corrected chi connectivity index (χ3v) is 3.45. The van der Waals surface area contributed by atoms with Gasteiger partial charge in [0, 0.05) is 22.7 Å². The number of hydrazone groups is 1.